The molecule has 0 aromatic carbocycles. The predicted octanol–water partition coefficient (Wildman–Crippen LogP) is 4.26. The molecule has 2 atom stereocenters. The summed E-state index contributed by atoms with van der Waals surface area (Å²) in [4.78, 5) is 25.0. The standard InChI is InChI=1S/C18H32O4/c1-7-17(3,4)21-15(19)13-11-9-10-12-14(13)16(20)22-18(5,6)8-2/h13-14H,7-12H2,1-6H3. The van der Waals surface area contributed by atoms with E-state index in [-0.39, 0.29) is 23.8 Å². The van der Waals surface area contributed by atoms with Crippen molar-refractivity contribution < 1.29 is 19.1 Å². The van der Waals surface area contributed by atoms with Gasteiger partial charge in [-0.1, -0.05) is 26.7 Å². The van der Waals surface area contributed by atoms with E-state index < -0.39 is 11.2 Å². The molecule has 0 radical (unpaired) electrons. The maximum Gasteiger partial charge on any atom is 0.310 e. The van der Waals surface area contributed by atoms with Crippen molar-refractivity contribution in [1.29, 1.82) is 0 Å². The molecule has 0 heterocycles. The van der Waals surface area contributed by atoms with Crippen molar-refractivity contribution in [2.24, 2.45) is 11.8 Å². The van der Waals surface area contributed by atoms with E-state index in [4.69, 9.17) is 9.47 Å². The van der Waals surface area contributed by atoms with Crippen LogP contribution in [0.3, 0.4) is 0 Å². The second-order valence-corrected chi connectivity index (χ2v) is 7.57. The first-order valence-corrected chi connectivity index (χ1v) is 8.57. The fourth-order valence-electron chi connectivity index (χ4n) is 2.54. The minimum atomic E-state index is -0.480. The molecule has 0 N–H and O–H groups in total. The van der Waals surface area contributed by atoms with E-state index in [1.807, 2.05) is 41.5 Å². The summed E-state index contributed by atoms with van der Waals surface area (Å²) >= 11 is 0. The maximum absolute atomic E-state index is 12.5. The summed E-state index contributed by atoms with van der Waals surface area (Å²) in [5.74, 6) is -1.22. The van der Waals surface area contributed by atoms with Crippen molar-refractivity contribution in [3.8, 4) is 0 Å². The molecule has 1 rings (SSSR count). The molecule has 22 heavy (non-hydrogen) atoms. The Morgan fingerprint density at radius 3 is 1.41 bits per heavy atom. The lowest BCUT2D eigenvalue weighted by Crippen LogP contribution is -2.41. The number of ether oxygens (including phenoxy) is 2. The van der Waals surface area contributed by atoms with Gasteiger partial charge < -0.3 is 9.47 Å². The monoisotopic (exact) mass is 312 g/mol. The average Bonchev–Trinajstić information content (AvgIpc) is 2.46. The first-order valence-electron chi connectivity index (χ1n) is 8.57. The molecule has 0 aliphatic heterocycles. The van der Waals surface area contributed by atoms with Gasteiger partial charge in [-0.25, -0.2) is 0 Å². The Labute approximate surface area is 134 Å². The van der Waals surface area contributed by atoms with Gasteiger partial charge in [0.05, 0.1) is 11.8 Å². The number of rotatable bonds is 6. The molecule has 4 nitrogen and oxygen atoms in total. The van der Waals surface area contributed by atoms with Gasteiger partial charge in [0, 0.05) is 0 Å². The lowest BCUT2D eigenvalue weighted by atomic mass is 9.79. The molecule has 2 unspecified atom stereocenters. The van der Waals surface area contributed by atoms with Gasteiger partial charge in [-0.05, 0) is 53.4 Å². The molecular weight excluding hydrogens is 280 g/mol. The summed E-state index contributed by atoms with van der Waals surface area (Å²) in [5.41, 5.74) is -0.961. The van der Waals surface area contributed by atoms with Gasteiger partial charge >= 0.3 is 11.9 Å². The van der Waals surface area contributed by atoms with Crippen molar-refractivity contribution in [3.05, 3.63) is 0 Å². The zero-order valence-electron chi connectivity index (χ0n) is 15.0. The fraction of sp³-hybridized carbons (Fsp3) is 0.889. The van der Waals surface area contributed by atoms with E-state index in [9.17, 15) is 9.59 Å². The summed E-state index contributed by atoms with van der Waals surface area (Å²) in [6, 6.07) is 0. The van der Waals surface area contributed by atoms with Crippen molar-refractivity contribution in [3.63, 3.8) is 0 Å². The molecule has 0 amide bonds. The quantitative estimate of drug-likeness (QED) is 0.688. The highest BCUT2D eigenvalue weighted by atomic mass is 16.6. The van der Waals surface area contributed by atoms with Crippen LogP contribution in [0.15, 0.2) is 0 Å². The van der Waals surface area contributed by atoms with Crippen LogP contribution in [-0.2, 0) is 19.1 Å². The van der Waals surface area contributed by atoms with Crippen LogP contribution in [0.5, 0.6) is 0 Å². The van der Waals surface area contributed by atoms with Crippen LogP contribution in [0.2, 0.25) is 0 Å². The van der Waals surface area contributed by atoms with Gasteiger partial charge in [-0.3, -0.25) is 9.59 Å². The zero-order chi connectivity index (χ0) is 17.0. The maximum atomic E-state index is 12.5. The third-order valence-electron chi connectivity index (χ3n) is 4.83. The second-order valence-electron chi connectivity index (χ2n) is 7.57. The number of esters is 2. The van der Waals surface area contributed by atoms with Crippen molar-refractivity contribution in [1.82, 2.24) is 0 Å². The van der Waals surface area contributed by atoms with Crippen molar-refractivity contribution in [2.45, 2.75) is 91.3 Å². The van der Waals surface area contributed by atoms with Crippen LogP contribution < -0.4 is 0 Å². The third-order valence-corrected chi connectivity index (χ3v) is 4.83. The highest BCUT2D eigenvalue weighted by Crippen LogP contribution is 2.34. The molecule has 128 valence electrons. The van der Waals surface area contributed by atoms with E-state index in [1.165, 1.54) is 0 Å². The molecule has 0 aromatic heterocycles. The minimum absolute atomic E-state index is 0.247. The topological polar surface area (TPSA) is 52.6 Å². The summed E-state index contributed by atoms with van der Waals surface area (Å²) in [5, 5.41) is 0. The van der Waals surface area contributed by atoms with Crippen LogP contribution in [0.1, 0.15) is 80.1 Å². The van der Waals surface area contributed by atoms with E-state index in [2.05, 4.69) is 0 Å². The Morgan fingerprint density at radius 2 is 1.14 bits per heavy atom. The predicted molar refractivity (Wildman–Crippen MR) is 86.4 cm³/mol. The number of hydrogen-bond acceptors (Lipinski definition) is 4. The molecule has 0 aromatic rings. The second kappa shape index (κ2) is 7.47. The number of carbonyl (C=O) groups is 2. The first kappa shape index (κ1) is 19.0. The summed E-state index contributed by atoms with van der Waals surface area (Å²) < 4.78 is 11.2. The molecule has 0 bridgehead atoms. The molecule has 1 aliphatic rings. The number of hydrogen-bond donors (Lipinski definition) is 0. The van der Waals surface area contributed by atoms with Crippen LogP contribution in [-0.4, -0.2) is 23.1 Å². The van der Waals surface area contributed by atoms with Gasteiger partial charge in [0.25, 0.3) is 0 Å². The van der Waals surface area contributed by atoms with E-state index in [0.29, 0.717) is 12.8 Å². The molecule has 0 spiro atoms. The Kier molecular flexibility index (Phi) is 6.45. The lowest BCUT2D eigenvalue weighted by molar-refractivity contribution is -0.177. The van der Waals surface area contributed by atoms with Gasteiger partial charge in [0.2, 0.25) is 0 Å². The van der Waals surface area contributed by atoms with Gasteiger partial charge in [0.1, 0.15) is 11.2 Å². The van der Waals surface area contributed by atoms with Crippen LogP contribution in [0.25, 0.3) is 0 Å². The summed E-state index contributed by atoms with van der Waals surface area (Å²) in [6.07, 6.45) is 4.86. The number of carbonyl (C=O) groups excluding carboxylic acids is 2. The summed E-state index contributed by atoms with van der Waals surface area (Å²) in [7, 11) is 0. The van der Waals surface area contributed by atoms with Crippen LogP contribution >= 0.6 is 0 Å². The Hall–Kier alpha value is -1.06. The minimum Gasteiger partial charge on any atom is -0.459 e. The Morgan fingerprint density at radius 1 is 0.818 bits per heavy atom. The van der Waals surface area contributed by atoms with Gasteiger partial charge in [0.15, 0.2) is 0 Å². The lowest BCUT2D eigenvalue weighted by Gasteiger charge is -2.34. The Balaban J connectivity index is 2.79. The van der Waals surface area contributed by atoms with Crippen LogP contribution in [0.4, 0.5) is 0 Å². The van der Waals surface area contributed by atoms with E-state index >= 15 is 0 Å². The molecule has 0 saturated heterocycles. The molecule has 1 fully saturated rings. The van der Waals surface area contributed by atoms with Crippen molar-refractivity contribution >= 4 is 11.9 Å². The third kappa shape index (κ3) is 5.29. The van der Waals surface area contributed by atoms with E-state index in [1.54, 1.807) is 0 Å². The molecular formula is C18H32O4. The first-order chi connectivity index (χ1) is 10.1. The SMILES string of the molecule is CCC(C)(C)OC(=O)C1CCCCC1C(=O)OC(C)(C)CC. The summed E-state index contributed by atoms with van der Waals surface area (Å²) in [6.45, 7) is 11.6. The smallest absolute Gasteiger partial charge is 0.310 e. The highest BCUT2D eigenvalue weighted by molar-refractivity contribution is 5.82. The van der Waals surface area contributed by atoms with E-state index in [0.717, 1.165) is 25.7 Å². The zero-order valence-corrected chi connectivity index (χ0v) is 15.0. The largest absolute Gasteiger partial charge is 0.459 e. The average molecular weight is 312 g/mol. The molecule has 1 saturated carbocycles. The van der Waals surface area contributed by atoms with Crippen LogP contribution in [0, 0.1) is 11.8 Å². The van der Waals surface area contributed by atoms with Crippen molar-refractivity contribution in [2.75, 3.05) is 0 Å². The van der Waals surface area contributed by atoms with Gasteiger partial charge in [-0.2, -0.15) is 0 Å². The fourth-order valence-corrected chi connectivity index (χ4v) is 2.54. The van der Waals surface area contributed by atoms with Gasteiger partial charge in [-0.15, -0.1) is 0 Å². The molecule has 4 heteroatoms. The molecule has 1 aliphatic carbocycles. The Bertz CT molecular complexity index is 360. The highest BCUT2D eigenvalue weighted by Gasteiger charge is 2.40. The normalized spacial score (nSPS) is 23.0.